The van der Waals surface area contributed by atoms with E-state index in [2.05, 4.69) is 53.8 Å². The summed E-state index contributed by atoms with van der Waals surface area (Å²) in [5, 5.41) is 6.94. The summed E-state index contributed by atoms with van der Waals surface area (Å²) in [4.78, 5) is 4.67. The zero-order valence-electron chi connectivity index (χ0n) is 12.2. The summed E-state index contributed by atoms with van der Waals surface area (Å²) in [6.07, 6.45) is 3.87. The van der Waals surface area contributed by atoms with Crippen LogP contribution in [0.5, 0.6) is 0 Å². The summed E-state index contributed by atoms with van der Waals surface area (Å²) in [6.45, 7) is 5.29. The summed E-state index contributed by atoms with van der Waals surface area (Å²) in [7, 11) is 0. The van der Waals surface area contributed by atoms with E-state index in [1.807, 2.05) is 0 Å². The molecule has 2 nitrogen and oxygen atoms in total. The van der Waals surface area contributed by atoms with Gasteiger partial charge in [-0.2, -0.15) is 0 Å². The smallest absolute Gasteiger partial charge is 0.114 e. The van der Waals surface area contributed by atoms with Crippen LogP contribution in [0.25, 0.3) is 0 Å². The molecule has 0 amide bonds. The van der Waals surface area contributed by atoms with Crippen molar-refractivity contribution < 1.29 is 0 Å². The van der Waals surface area contributed by atoms with Crippen molar-refractivity contribution in [1.82, 2.24) is 10.3 Å². The van der Waals surface area contributed by atoms with Crippen molar-refractivity contribution in [3.05, 3.63) is 51.5 Å². The van der Waals surface area contributed by atoms with E-state index in [9.17, 15) is 0 Å². The van der Waals surface area contributed by atoms with Gasteiger partial charge in [-0.3, -0.25) is 0 Å². The first kappa shape index (κ1) is 13.8. The molecule has 106 valence electrons. The van der Waals surface area contributed by atoms with Gasteiger partial charge >= 0.3 is 0 Å². The van der Waals surface area contributed by atoms with Crippen molar-refractivity contribution in [2.75, 3.05) is 6.54 Å². The van der Waals surface area contributed by atoms with Gasteiger partial charge in [0.15, 0.2) is 0 Å². The zero-order valence-corrected chi connectivity index (χ0v) is 13.0. The number of hydrogen-bond acceptors (Lipinski definition) is 3. The summed E-state index contributed by atoms with van der Waals surface area (Å²) in [5.74, 6) is 0.827. The Morgan fingerprint density at radius 1 is 1.30 bits per heavy atom. The van der Waals surface area contributed by atoms with Crippen molar-refractivity contribution in [3.8, 4) is 0 Å². The average Bonchev–Trinajstić information content (AvgIpc) is 3.23. The maximum Gasteiger partial charge on any atom is 0.114 e. The average molecular weight is 286 g/mol. The van der Waals surface area contributed by atoms with E-state index >= 15 is 0 Å². The molecule has 1 fully saturated rings. The minimum Gasteiger partial charge on any atom is -0.304 e. The van der Waals surface area contributed by atoms with Gasteiger partial charge in [-0.25, -0.2) is 4.98 Å². The summed E-state index contributed by atoms with van der Waals surface area (Å²) >= 11 is 1.75. The van der Waals surface area contributed by atoms with Crippen LogP contribution in [0.4, 0.5) is 0 Å². The Morgan fingerprint density at radius 2 is 2.05 bits per heavy atom. The van der Waals surface area contributed by atoms with Gasteiger partial charge in [0.05, 0.1) is 6.04 Å². The molecule has 0 spiro atoms. The first-order valence-electron chi connectivity index (χ1n) is 7.53. The SMILES string of the molecule is CCCNC(c1ccc(C2CC2)cc1)c1nc(C)cs1. The van der Waals surface area contributed by atoms with E-state index in [1.165, 1.54) is 29.0 Å². The van der Waals surface area contributed by atoms with Crippen LogP contribution in [-0.2, 0) is 0 Å². The second-order valence-electron chi connectivity index (χ2n) is 5.66. The molecule has 1 aliphatic rings. The fourth-order valence-corrected chi connectivity index (χ4v) is 3.41. The Morgan fingerprint density at radius 3 is 2.60 bits per heavy atom. The van der Waals surface area contributed by atoms with Crippen LogP contribution < -0.4 is 5.32 Å². The van der Waals surface area contributed by atoms with Gasteiger partial charge in [-0.15, -0.1) is 11.3 Å². The topological polar surface area (TPSA) is 24.9 Å². The predicted octanol–water partition coefficient (Wildman–Crippen LogP) is 4.42. The second-order valence-corrected chi connectivity index (χ2v) is 6.54. The van der Waals surface area contributed by atoms with E-state index in [4.69, 9.17) is 0 Å². The number of aryl methyl sites for hydroxylation is 1. The van der Waals surface area contributed by atoms with E-state index in [0.717, 1.165) is 24.6 Å². The highest BCUT2D eigenvalue weighted by atomic mass is 32.1. The largest absolute Gasteiger partial charge is 0.304 e. The molecule has 0 bridgehead atoms. The molecular weight excluding hydrogens is 264 g/mol. The quantitative estimate of drug-likeness (QED) is 0.850. The van der Waals surface area contributed by atoms with Crippen molar-refractivity contribution >= 4 is 11.3 Å². The van der Waals surface area contributed by atoms with E-state index < -0.39 is 0 Å². The van der Waals surface area contributed by atoms with Crippen LogP contribution >= 0.6 is 11.3 Å². The fraction of sp³-hybridized carbons (Fsp3) is 0.471. The van der Waals surface area contributed by atoms with Gasteiger partial charge in [0.2, 0.25) is 0 Å². The number of thiazole rings is 1. The molecule has 1 aromatic heterocycles. The lowest BCUT2D eigenvalue weighted by molar-refractivity contribution is 0.595. The third-order valence-electron chi connectivity index (χ3n) is 3.80. The molecule has 1 aliphatic carbocycles. The summed E-state index contributed by atoms with van der Waals surface area (Å²) < 4.78 is 0. The third-order valence-corrected chi connectivity index (χ3v) is 4.83. The first-order valence-corrected chi connectivity index (χ1v) is 8.41. The van der Waals surface area contributed by atoms with Crippen LogP contribution in [-0.4, -0.2) is 11.5 Å². The third kappa shape index (κ3) is 3.10. The van der Waals surface area contributed by atoms with Crippen molar-refractivity contribution in [3.63, 3.8) is 0 Å². The van der Waals surface area contributed by atoms with Gasteiger partial charge in [-0.1, -0.05) is 31.2 Å². The van der Waals surface area contributed by atoms with Gasteiger partial charge in [0, 0.05) is 11.1 Å². The summed E-state index contributed by atoms with van der Waals surface area (Å²) in [6, 6.07) is 9.39. The lowest BCUT2D eigenvalue weighted by atomic mass is 10.0. The Kier molecular flexibility index (Phi) is 4.18. The zero-order chi connectivity index (χ0) is 13.9. The molecule has 1 unspecified atom stereocenters. The van der Waals surface area contributed by atoms with Crippen LogP contribution in [0.3, 0.4) is 0 Å². The van der Waals surface area contributed by atoms with Gasteiger partial charge in [0.1, 0.15) is 5.01 Å². The molecule has 0 saturated heterocycles. The molecule has 0 aliphatic heterocycles. The van der Waals surface area contributed by atoms with Crippen LogP contribution in [0.1, 0.15) is 60.0 Å². The molecule has 2 aromatic rings. The molecule has 3 rings (SSSR count). The molecule has 1 saturated carbocycles. The molecule has 1 atom stereocenters. The van der Waals surface area contributed by atoms with Gasteiger partial charge in [-0.05, 0) is 49.8 Å². The highest BCUT2D eigenvalue weighted by molar-refractivity contribution is 7.09. The molecule has 3 heteroatoms. The minimum absolute atomic E-state index is 0.238. The molecule has 1 N–H and O–H groups in total. The van der Waals surface area contributed by atoms with E-state index in [1.54, 1.807) is 11.3 Å². The van der Waals surface area contributed by atoms with E-state index in [-0.39, 0.29) is 6.04 Å². The molecular formula is C17H22N2S. The maximum atomic E-state index is 4.67. The van der Waals surface area contributed by atoms with Gasteiger partial charge in [0.25, 0.3) is 0 Å². The Labute approximate surface area is 125 Å². The lowest BCUT2D eigenvalue weighted by Gasteiger charge is -2.17. The Hall–Kier alpha value is -1.19. The lowest BCUT2D eigenvalue weighted by Crippen LogP contribution is -2.23. The number of aromatic nitrogens is 1. The Balaban J connectivity index is 1.83. The molecule has 20 heavy (non-hydrogen) atoms. The molecule has 1 aromatic carbocycles. The standard InChI is InChI=1S/C17H22N2S/c1-3-10-18-16(17-19-12(2)11-20-17)15-8-6-14(7-9-15)13-4-5-13/h6-9,11,13,16,18H,3-5,10H2,1-2H3. The van der Waals surface area contributed by atoms with Crippen LogP contribution in [0.15, 0.2) is 29.6 Å². The minimum atomic E-state index is 0.238. The monoisotopic (exact) mass is 286 g/mol. The highest BCUT2D eigenvalue weighted by Gasteiger charge is 2.24. The van der Waals surface area contributed by atoms with Crippen LogP contribution in [0.2, 0.25) is 0 Å². The van der Waals surface area contributed by atoms with Crippen molar-refractivity contribution in [1.29, 1.82) is 0 Å². The Bertz CT molecular complexity index is 555. The number of nitrogens with zero attached hydrogens (tertiary/aromatic N) is 1. The van der Waals surface area contributed by atoms with Crippen LogP contribution in [0, 0.1) is 6.92 Å². The molecule has 1 heterocycles. The number of nitrogens with one attached hydrogen (secondary N) is 1. The number of hydrogen-bond donors (Lipinski definition) is 1. The second kappa shape index (κ2) is 6.06. The fourth-order valence-electron chi connectivity index (χ4n) is 2.52. The first-order chi connectivity index (χ1) is 9.78. The normalized spacial score (nSPS) is 16.3. The van der Waals surface area contributed by atoms with E-state index in [0.29, 0.717) is 0 Å². The molecule has 0 radical (unpaired) electrons. The van der Waals surface area contributed by atoms with Crippen molar-refractivity contribution in [2.24, 2.45) is 0 Å². The number of benzene rings is 1. The predicted molar refractivity (Wildman–Crippen MR) is 85.4 cm³/mol. The van der Waals surface area contributed by atoms with Crippen molar-refractivity contribution in [2.45, 2.75) is 45.1 Å². The summed E-state index contributed by atoms with van der Waals surface area (Å²) in [5.41, 5.74) is 3.94. The van der Waals surface area contributed by atoms with Gasteiger partial charge < -0.3 is 5.32 Å². The maximum absolute atomic E-state index is 4.67. The number of rotatable bonds is 6. The highest BCUT2D eigenvalue weighted by Crippen LogP contribution is 2.40.